The predicted molar refractivity (Wildman–Crippen MR) is 124 cm³/mol. The van der Waals surface area contributed by atoms with Crippen LogP contribution in [-0.4, -0.2) is 70.2 Å². The largest absolute Gasteiger partial charge is 0.458 e. The van der Waals surface area contributed by atoms with E-state index < -0.39 is 46.7 Å². The molecule has 0 unspecified atom stereocenters. The van der Waals surface area contributed by atoms with Crippen molar-refractivity contribution in [2.45, 2.75) is 62.7 Å². The Morgan fingerprint density at radius 1 is 1.14 bits per heavy atom. The lowest BCUT2D eigenvalue weighted by Gasteiger charge is -2.50. The summed E-state index contributed by atoms with van der Waals surface area (Å²) in [6.07, 6.45) is 2.13. The third kappa shape index (κ3) is 4.80. The number of ether oxygens (including phenoxy) is 4. The lowest BCUT2D eigenvalue weighted by atomic mass is 9.84. The molecule has 2 amide bonds. The van der Waals surface area contributed by atoms with Gasteiger partial charge in [-0.2, -0.15) is 0 Å². The number of esters is 1. The van der Waals surface area contributed by atoms with Crippen molar-refractivity contribution in [1.29, 1.82) is 0 Å². The van der Waals surface area contributed by atoms with E-state index in [0.29, 0.717) is 0 Å². The number of fused-ring (bicyclic) bond motifs is 5. The standard InChI is InChI=1S/C25H30N2O9/c1-22(2)35-15-23(3,36-22)19(29)25-21(31)26-24(32,20(30)27-25)17(12-13-34-25)10-7-11-18(28)33-14-16-8-5-4-6-9-16/h4-11,19,29,32H,12-15H2,1-3H3,(H,26,31)(H,27,30)/b11-7+,17-10+/t19-,23-,24+,25-/m0/s1. The molecule has 4 atom stereocenters. The van der Waals surface area contributed by atoms with Crippen LogP contribution in [0.5, 0.6) is 0 Å². The summed E-state index contributed by atoms with van der Waals surface area (Å²) in [5.41, 5.74) is -5.09. The summed E-state index contributed by atoms with van der Waals surface area (Å²) in [6.45, 7) is 4.74. The third-order valence-corrected chi connectivity index (χ3v) is 6.33. The first-order valence-electron chi connectivity index (χ1n) is 11.5. The number of aliphatic hydroxyl groups excluding tert-OH is 1. The van der Waals surface area contributed by atoms with Crippen molar-refractivity contribution in [2.24, 2.45) is 0 Å². The normalized spacial score (nSPS) is 33.6. The quantitative estimate of drug-likeness (QED) is 0.315. The zero-order chi connectivity index (χ0) is 26.2. The van der Waals surface area contributed by atoms with Gasteiger partial charge in [0.2, 0.25) is 5.72 Å². The third-order valence-electron chi connectivity index (χ3n) is 6.33. The van der Waals surface area contributed by atoms with Crippen LogP contribution in [0.1, 0.15) is 32.8 Å². The molecule has 11 heteroatoms. The first-order chi connectivity index (χ1) is 16.9. The van der Waals surface area contributed by atoms with Crippen molar-refractivity contribution in [3.63, 3.8) is 0 Å². The first kappa shape index (κ1) is 26.0. The fourth-order valence-corrected chi connectivity index (χ4v) is 4.46. The van der Waals surface area contributed by atoms with Gasteiger partial charge in [-0.25, -0.2) is 4.79 Å². The number of piperazine rings is 1. The molecular weight excluding hydrogens is 472 g/mol. The Balaban J connectivity index is 1.49. The van der Waals surface area contributed by atoms with Crippen molar-refractivity contribution in [3.05, 3.63) is 59.7 Å². The van der Waals surface area contributed by atoms with E-state index in [2.05, 4.69) is 10.6 Å². The number of aliphatic hydroxyl groups is 2. The van der Waals surface area contributed by atoms with Crippen molar-refractivity contribution >= 4 is 17.8 Å². The topological polar surface area (TPSA) is 153 Å². The number of amides is 2. The molecule has 5 rings (SSSR count). The molecule has 0 aliphatic carbocycles. The monoisotopic (exact) mass is 502 g/mol. The van der Waals surface area contributed by atoms with Crippen LogP contribution in [0, 0.1) is 0 Å². The molecular formula is C25H30N2O9. The van der Waals surface area contributed by atoms with Gasteiger partial charge < -0.3 is 39.8 Å². The Labute approximate surface area is 208 Å². The zero-order valence-corrected chi connectivity index (χ0v) is 20.3. The number of carbonyl (C=O) groups is 3. The van der Waals surface area contributed by atoms with E-state index in [0.717, 1.165) is 11.6 Å². The van der Waals surface area contributed by atoms with Gasteiger partial charge in [-0.05, 0) is 38.3 Å². The van der Waals surface area contributed by atoms with Crippen LogP contribution in [0.25, 0.3) is 0 Å². The Morgan fingerprint density at radius 2 is 1.86 bits per heavy atom. The molecule has 4 heterocycles. The molecule has 0 radical (unpaired) electrons. The molecule has 4 fully saturated rings. The Bertz CT molecular complexity index is 1100. The molecule has 36 heavy (non-hydrogen) atoms. The second-order valence-corrected chi connectivity index (χ2v) is 9.60. The molecule has 4 aliphatic rings. The van der Waals surface area contributed by atoms with Gasteiger partial charge in [0.05, 0.1) is 13.2 Å². The molecule has 4 saturated heterocycles. The molecule has 2 bridgehead atoms. The van der Waals surface area contributed by atoms with Crippen molar-refractivity contribution < 1.29 is 43.5 Å². The molecule has 0 aromatic heterocycles. The highest BCUT2D eigenvalue weighted by molar-refractivity contribution is 6.03. The Hall–Kier alpha value is -3.09. The van der Waals surface area contributed by atoms with Gasteiger partial charge in [-0.15, -0.1) is 0 Å². The minimum absolute atomic E-state index is 0.0155. The number of benzene rings is 1. The van der Waals surface area contributed by atoms with Gasteiger partial charge in [-0.1, -0.05) is 42.5 Å². The van der Waals surface area contributed by atoms with Gasteiger partial charge >= 0.3 is 5.97 Å². The fourth-order valence-electron chi connectivity index (χ4n) is 4.46. The summed E-state index contributed by atoms with van der Waals surface area (Å²) in [5, 5.41) is 26.9. The van der Waals surface area contributed by atoms with Crippen LogP contribution in [0.15, 0.2) is 54.1 Å². The van der Waals surface area contributed by atoms with E-state index in [1.54, 1.807) is 13.8 Å². The lowest BCUT2D eigenvalue weighted by molar-refractivity contribution is -0.240. The van der Waals surface area contributed by atoms with E-state index in [4.69, 9.17) is 18.9 Å². The summed E-state index contributed by atoms with van der Waals surface area (Å²) in [4.78, 5) is 38.2. The SMILES string of the molecule is CC1(C)OC[C@@](C)([C@H](O)[C@@]23NC(=O)[C@@](O)(NC2=O)/C(=C/C=C/C(=O)OCc2ccccc2)CCO3)O1. The number of carbonyl (C=O) groups excluding carboxylic acids is 3. The molecule has 4 N–H and O–H groups in total. The number of nitrogens with one attached hydrogen (secondary N) is 2. The van der Waals surface area contributed by atoms with E-state index in [9.17, 15) is 24.6 Å². The number of hydrogen-bond acceptors (Lipinski definition) is 9. The highest BCUT2D eigenvalue weighted by atomic mass is 16.8. The predicted octanol–water partition coefficient (Wildman–Crippen LogP) is 0.166. The second kappa shape index (κ2) is 9.41. The minimum atomic E-state index is -2.41. The first-order valence-corrected chi connectivity index (χ1v) is 11.5. The van der Waals surface area contributed by atoms with E-state index >= 15 is 0 Å². The average molecular weight is 503 g/mol. The maximum absolute atomic E-state index is 13.2. The summed E-state index contributed by atoms with van der Waals surface area (Å²) in [7, 11) is 0. The zero-order valence-electron chi connectivity index (χ0n) is 20.3. The minimum Gasteiger partial charge on any atom is -0.458 e. The fraction of sp³-hybridized carbons (Fsp3) is 0.480. The second-order valence-electron chi connectivity index (χ2n) is 9.60. The van der Waals surface area contributed by atoms with Crippen molar-refractivity contribution in [1.82, 2.24) is 10.6 Å². The van der Waals surface area contributed by atoms with Crippen LogP contribution in [0.2, 0.25) is 0 Å². The Kier molecular flexibility index (Phi) is 6.80. The highest BCUT2D eigenvalue weighted by Crippen LogP contribution is 2.40. The van der Waals surface area contributed by atoms with Crippen LogP contribution < -0.4 is 10.6 Å². The summed E-state index contributed by atoms with van der Waals surface area (Å²) < 4.78 is 22.3. The molecule has 1 aromatic carbocycles. The average Bonchev–Trinajstić information content (AvgIpc) is 3.12. The van der Waals surface area contributed by atoms with E-state index in [-0.39, 0.29) is 31.8 Å². The van der Waals surface area contributed by atoms with Crippen molar-refractivity contribution in [3.8, 4) is 0 Å². The van der Waals surface area contributed by atoms with Gasteiger partial charge in [0.25, 0.3) is 17.5 Å². The number of allylic oxidation sites excluding steroid dienone is 2. The van der Waals surface area contributed by atoms with Crippen LogP contribution in [0.3, 0.4) is 0 Å². The maximum Gasteiger partial charge on any atom is 0.331 e. The van der Waals surface area contributed by atoms with Gasteiger partial charge in [0, 0.05) is 6.08 Å². The lowest BCUT2D eigenvalue weighted by Crippen LogP contribution is -2.82. The number of rotatable bonds is 6. The van der Waals surface area contributed by atoms with Crippen LogP contribution in [-0.2, 0) is 39.9 Å². The van der Waals surface area contributed by atoms with Gasteiger partial charge in [-0.3, -0.25) is 9.59 Å². The van der Waals surface area contributed by atoms with Crippen molar-refractivity contribution in [2.75, 3.05) is 13.2 Å². The molecule has 0 spiro atoms. The highest BCUT2D eigenvalue weighted by Gasteiger charge is 2.65. The number of hydrogen-bond donors (Lipinski definition) is 4. The smallest absolute Gasteiger partial charge is 0.331 e. The van der Waals surface area contributed by atoms with Gasteiger partial charge in [0.15, 0.2) is 5.79 Å². The van der Waals surface area contributed by atoms with Crippen LogP contribution in [0.4, 0.5) is 0 Å². The molecule has 1 aromatic rings. The van der Waals surface area contributed by atoms with E-state index in [1.165, 1.54) is 19.1 Å². The van der Waals surface area contributed by atoms with Gasteiger partial charge in [0.1, 0.15) is 18.3 Å². The summed E-state index contributed by atoms with van der Waals surface area (Å²) in [5.74, 6) is -3.61. The maximum atomic E-state index is 13.2. The molecule has 4 aliphatic heterocycles. The summed E-state index contributed by atoms with van der Waals surface area (Å²) >= 11 is 0. The molecule has 194 valence electrons. The van der Waals surface area contributed by atoms with E-state index in [1.807, 2.05) is 30.3 Å². The summed E-state index contributed by atoms with van der Waals surface area (Å²) in [6, 6.07) is 9.14. The Morgan fingerprint density at radius 3 is 2.53 bits per heavy atom. The molecule has 0 saturated carbocycles. The molecule has 11 nitrogen and oxygen atoms in total. The van der Waals surface area contributed by atoms with Crippen LogP contribution >= 0.6 is 0 Å².